The third kappa shape index (κ3) is 6.87. The molecule has 0 aromatic carbocycles. The smallest absolute Gasteiger partial charge is 0.228 e. The Bertz CT molecular complexity index is 1900. The third-order valence-corrected chi connectivity index (χ3v) is 8.46. The molecule has 13 heteroatoms. The summed E-state index contributed by atoms with van der Waals surface area (Å²) in [6, 6.07) is 12.0. The van der Waals surface area contributed by atoms with Gasteiger partial charge in [0.1, 0.15) is 5.15 Å². The molecule has 0 fully saturated rings. The molecular weight excluding hydrogens is 574 g/mol. The van der Waals surface area contributed by atoms with Crippen LogP contribution in [0.3, 0.4) is 0 Å². The largest absolute Gasteiger partial charge is 0.618 e. The Morgan fingerprint density at radius 1 is 0.750 bits per heavy atom. The summed E-state index contributed by atoms with van der Waals surface area (Å²) in [4.78, 5) is 15.8. The van der Waals surface area contributed by atoms with Crippen molar-refractivity contribution in [1.29, 1.82) is 0 Å². The maximum absolute atomic E-state index is 11.4. The van der Waals surface area contributed by atoms with Crippen molar-refractivity contribution >= 4 is 53.1 Å². The minimum atomic E-state index is -3.41. The van der Waals surface area contributed by atoms with Crippen molar-refractivity contribution in [3.05, 3.63) is 94.9 Å². The SMILES string of the molecule is CS(=O)(=O)c1nccc2c1CCCC2.CS(=O)(=O)c1nccc2c1ccc[n+]2[O-].Clc1nccc2ncccc12. The van der Waals surface area contributed by atoms with E-state index < -0.39 is 19.7 Å². The molecule has 0 saturated heterocycles. The van der Waals surface area contributed by atoms with Crippen molar-refractivity contribution in [2.45, 2.75) is 35.7 Å². The highest BCUT2D eigenvalue weighted by molar-refractivity contribution is 7.91. The quantitative estimate of drug-likeness (QED) is 0.167. The minimum Gasteiger partial charge on any atom is -0.618 e. The number of hydrogen-bond donors (Lipinski definition) is 0. The van der Waals surface area contributed by atoms with Gasteiger partial charge in [0.25, 0.3) is 0 Å². The van der Waals surface area contributed by atoms with Gasteiger partial charge >= 0.3 is 0 Å². The number of aryl methyl sites for hydroxylation is 1. The van der Waals surface area contributed by atoms with E-state index >= 15 is 0 Å². The maximum atomic E-state index is 11.4. The minimum absolute atomic E-state index is 0.0646. The summed E-state index contributed by atoms with van der Waals surface area (Å²) < 4.78 is 46.3. The highest BCUT2D eigenvalue weighted by atomic mass is 35.5. The summed E-state index contributed by atoms with van der Waals surface area (Å²) in [7, 11) is -6.56. The molecule has 0 aliphatic heterocycles. The second-order valence-corrected chi connectivity index (χ2v) is 13.3. The van der Waals surface area contributed by atoms with Crippen molar-refractivity contribution < 1.29 is 21.6 Å². The Morgan fingerprint density at radius 3 is 2.12 bits per heavy atom. The van der Waals surface area contributed by atoms with E-state index in [0.717, 1.165) is 54.0 Å². The molecule has 10 nitrogen and oxygen atoms in total. The Labute approximate surface area is 237 Å². The first-order valence-corrected chi connectivity index (χ1v) is 16.3. The highest BCUT2D eigenvalue weighted by Crippen LogP contribution is 2.25. The highest BCUT2D eigenvalue weighted by Gasteiger charge is 2.20. The van der Waals surface area contributed by atoms with Gasteiger partial charge in [-0.15, -0.1) is 0 Å². The topological polar surface area (TPSA) is 147 Å². The second-order valence-electron chi connectivity index (χ2n) is 9.06. The van der Waals surface area contributed by atoms with Gasteiger partial charge in [0.05, 0.1) is 10.9 Å². The molecule has 0 amide bonds. The van der Waals surface area contributed by atoms with Crippen molar-refractivity contribution in [3.8, 4) is 0 Å². The molecule has 0 unspecified atom stereocenters. The van der Waals surface area contributed by atoms with E-state index in [4.69, 9.17) is 11.6 Å². The maximum Gasteiger partial charge on any atom is 0.228 e. The van der Waals surface area contributed by atoms with E-state index in [9.17, 15) is 22.0 Å². The molecule has 6 rings (SSSR count). The van der Waals surface area contributed by atoms with Gasteiger partial charge in [-0.25, -0.2) is 31.8 Å². The van der Waals surface area contributed by atoms with Gasteiger partial charge in [-0.05, 0) is 67.1 Å². The predicted molar refractivity (Wildman–Crippen MR) is 152 cm³/mol. The molecule has 40 heavy (non-hydrogen) atoms. The first-order valence-electron chi connectivity index (χ1n) is 12.2. The Kier molecular flexibility index (Phi) is 8.92. The van der Waals surface area contributed by atoms with Gasteiger partial charge < -0.3 is 5.21 Å². The molecule has 0 N–H and O–H groups in total. The molecule has 0 atom stereocenters. The molecular formula is C27H26ClN5O5S2. The first kappa shape index (κ1) is 29.2. The lowest BCUT2D eigenvalue weighted by Crippen LogP contribution is -2.26. The average Bonchev–Trinajstić information content (AvgIpc) is 2.93. The number of nitrogens with zero attached hydrogens (tertiary/aromatic N) is 5. The van der Waals surface area contributed by atoms with E-state index in [2.05, 4.69) is 19.9 Å². The zero-order chi connectivity index (χ0) is 28.9. The molecule has 5 aromatic heterocycles. The molecule has 208 valence electrons. The molecule has 5 aromatic rings. The van der Waals surface area contributed by atoms with Gasteiger partial charge in [-0.3, -0.25) is 4.98 Å². The van der Waals surface area contributed by atoms with Gasteiger partial charge in [0.15, 0.2) is 35.9 Å². The van der Waals surface area contributed by atoms with E-state index in [0.29, 0.717) is 20.8 Å². The molecule has 0 spiro atoms. The van der Waals surface area contributed by atoms with Crippen LogP contribution in [0.2, 0.25) is 5.15 Å². The number of sulfone groups is 2. The number of hydrogen-bond acceptors (Lipinski definition) is 9. The van der Waals surface area contributed by atoms with Crippen LogP contribution in [0.15, 0.2) is 83.5 Å². The first-order chi connectivity index (χ1) is 19.0. The van der Waals surface area contributed by atoms with Crippen LogP contribution in [0.4, 0.5) is 0 Å². The molecule has 0 bridgehead atoms. The van der Waals surface area contributed by atoms with Crippen molar-refractivity contribution in [2.24, 2.45) is 0 Å². The standard InChI is InChI=1S/C10H13NO2S.C9H8N2O3S.C8H5ClN2/c1-14(12,13)10-9-5-3-2-4-8(9)6-7-11-10;1-15(13,14)9-7-3-2-6-11(12)8(7)4-5-10-9;9-8-6-2-1-4-10-7(6)3-5-11-8/h6-7H,2-5H2,1H3;2-6H,1H3;1-5H. The Hall–Kier alpha value is -3.74. The third-order valence-electron chi connectivity index (χ3n) is 6.07. The van der Waals surface area contributed by atoms with E-state index in [1.165, 1.54) is 30.8 Å². The number of rotatable bonds is 2. The molecule has 0 saturated carbocycles. The summed E-state index contributed by atoms with van der Waals surface area (Å²) in [6.45, 7) is 0. The molecule has 1 aliphatic rings. The van der Waals surface area contributed by atoms with Crippen LogP contribution in [-0.4, -0.2) is 49.3 Å². The predicted octanol–water partition coefficient (Wildman–Crippen LogP) is 3.92. The molecule has 1 aliphatic carbocycles. The van der Waals surface area contributed by atoms with Crippen LogP contribution in [-0.2, 0) is 32.5 Å². The van der Waals surface area contributed by atoms with Gasteiger partial charge in [0.2, 0.25) is 5.52 Å². The number of fused-ring (bicyclic) bond motifs is 3. The number of pyridine rings is 5. The lowest BCUT2D eigenvalue weighted by Gasteiger charge is -2.17. The van der Waals surface area contributed by atoms with Crippen LogP contribution < -0.4 is 4.73 Å². The lowest BCUT2D eigenvalue weighted by atomic mass is 9.94. The molecule has 5 heterocycles. The fourth-order valence-corrected chi connectivity index (χ4v) is 6.28. The van der Waals surface area contributed by atoms with Crippen LogP contribution >= 0.6 is 11.6 Å². The summed E-state index contributed by atoms with van der Waals surface area (Å²) in [5, 5.41) is 13.3. The van der Waals surface area contributed by atoms with E-state index in [1.54, 1.807) is 24.7 Å². The average molecular weight is 600 g/mol. The van der Waals surface area contributed by atoms with Crippen LogP contribution in [0.1, 0.15) is 24.0 Å². The number of aromatic nitrogens is 5. The van der Waals surface area contributed by atoms with Gasteiger partial charge in [0, 0.05) is 54.8 Å². The van der Waals surface area contributed by atoms with Crippen molar-refractivity contribution in [3.63, 3.8) is 0 Å². The van der Waals surface area contributed by atoms with E-state index in [1.807, 2.05) is 24.3 Å². The summed E-state index contributed by atoms with van der Waals surface area (Å²) in [6.07, 6.45) is 14.0. The summed E-state index contributed by atoms with van der Waals surface area (Å²) >= 11 is 5.81. The van der Waals surface area contributed by atoms with E-state index in [-0.39, 0.29) is 10.1 Å². The summed E-state index contributed by atoms with van der Waals surface area (Å²) in [5.41, 5.74) is 3.29. The zero-order valence-electron chi connectivity index (χ0n) is 21.7. The zero-order valence-corrected chi connectivity index (χ0v) is 24.1. The molecule has 0 radical (unpaired) electrons. The fraction of sp³-hybridized carbons (Fsp3) is 0.222. The Balaban J connectivity index is 0.000000140. The summed E-state index contributed by atoms with van der Waals surface area (Å²) in [5.74, 6) is 0. The van der Waals surface area contributed by atoms with Crippen LogP contribution in [0.5, 0.6) is 0 Å². The van der Waals surface area contributed by atoms with Crippen molar-refractivity contribution in [1.82, 2.24) is 19.9 Å². The lowest BCUT2D eigenvalue weighted by molar-refractivity contribution is -0.577. The Morgan fingerprint density at radius 2 is 1.40 bits per heavy atom. The fourth-order valence-electron chi connectivity index (χ4n) is 4.30. The van der Waals surface area contributed by atoms with Gasteiger partial charge in [-0.2, -0.15) is 4.73 Å². The second kappa shape index (κ2) is 12.2. The van der Waals surface area contributed by atoms with Gasteiger partial charge in [-0.1, -0.05) is 11.6 Å². The van der Waals surface area contributed by atoms with Crippen LogP contribution in [0, 0.1) is 5.21 Å². The van der Waals surface area contributed by atoms with Crippen molar-refractivity contribution in [2.75, 3.05) is 12.5 Å². The number of halogens is 1. The normalized spacial score (nSPS) is 13.0. The monoisotopic (exact) mass is 599 g/mol. The van der Waals surface area contributed by atoms with Crippen LogP contribution in [0.25, 0.3) is 21.8 Å².